The van der Waals surface area contributed by atoms with Gasteiger partial charge < -0.3 is 10.5 Å². The van der Waals surface area contributed by atoms with Crippen molar-refractivity contribution in [3.05, 3.63) is 23.5 Å². The van der Waals surface area contributed by atoms with Crippen molar-refractivity contribution in [1.82, 2.24) is 0 Å². The molecule has 1 aromatic rings. The first-order chi connectivity index (χ1) is 7.00. The molecule has 0 saturated carbocycles. The molecule has 4 heteroatoms. The molecule has 0 aromatic carbocycles. The van der Waals surface area contributed by atoms with Crippen LogP contribution in [0.4, 0.5) is 11.5 Å². The lowest BCUT2D eigenvalue weighted by Gasteiger charge is -2.17. The lowest BCUT2D eigenvalue weighted by Crippen LogP contribution is -2.33. The molecule has 1 aromatic heterocycles. The Kier molecular flexibility index (Phi) is 3.77. The Morgan fingerprint density at radius 2 is 1.73 bits per heavy atom. The average Bonchev–Trinajstić information content (AvgIpc) is 2.09. The van der Waals surface area contributed by atoms with Gasteiger partial charge in [-0.3, -0.25) is 5.32 Å². The van der Waals surface area contributed by atoms with E-state index in [1.807, 2.05) is 33.8 Å². The summed E-state index contributed by atoms with van der Waals surface area (Å²) < 4.78 is 0.852. The molecular weight excluding hydrogens is 190 g/mol. The van der Waals surface area contributed by atoms with Crippen LogP contribution in [-0.2, 0) is 0 Å². The monoisotopic (exact) mass is 209 g/mol. The highest BCUT2D eigenvalue weighted by atomic mass is 16.5. The molecule has 1 rings (SSSR count). The van der Waals surface area contributed by atoms with E-state index in [0.29, 0.717) is 11.9 Å². The number of anilines is 2. The lowest BCUT2D eigenvalue weighted by atomic mass is 10.3. The maximum Gasteiger partial charge on any atom is 0.301 e. The van der Waals surface area contributed by atoms with E-state index in [1.54, 1.807) is 6.07 Å². The van der Waals surface area contributed by atoms with Crippen molar-refractivity contribution in [2.45, 2.75) is 39.8 Å². The Balaban J connectivity index is 2.97. The third kappa shape index (κ3) is 3.31. The average molecular weight is 209 g/mol. The summed E-state index contributed by atoms with van der Waals surface area (Å²) in [5.74, 6) is 0.584. The fourth-order valence-electron chi connectivity index (χ4n) is 1.33. The number of hydrogen-bond acceptors (Lipinski definition) is 3. The Hall–Kier alpha value is -1.45. The first kappa shape index (κ1) is 11.6. The van der Waals surface area contributed by atoms with E-state index in [1.165, 1.54) is 6.20 Å². The van der Waals surface area contributed by atoms with Crippen LogP contribution in [0.3, 0.4) is 0 Å². The highest BCUT2D eigenvalue weighted by Crippen LogP contribution is 2.17. The van der Waals surface area contributed by atoms with Gasteiger partial charge in [0.1, 0.15) is 5.69 Å². The zero-order chi connectivity index (χ0) is 11.4. The molecule has 1 heterocycles. The molecule has 0 aliphatic heterocycles. The first-order valence-corrected chi connectivity index (χ1v) is 5.26. The van der Waals surface area contributed by atoms with Gasteiger partial charge in [0.2, 0.25) is 0 Å². The summed E-state index contributed by atoms with van der Waals surface area (Å²) in [6.45, 7) is 8.10. The zero-order valence-electron chi connectivity index (χ0n) is 9.74. The van der Waals surface area contributed by atoms with Crippen molar-refractivity contribution in [1.29, 1.82) is 0 Å². The number of pyridine rings is 1. The number of aromatic nitrogens is 1. The van der Waals surface area contributed by atoms with Crippen molar-refractivity contribution >= 4 is 11.5 Å². The van der Waals surface area contributed by atoms with Gasteiger partial charge in [-0.15, -0.1) is 0 Å². The largest absolute Gasteiger partial charge is 0.711 e. The summed E-state index contributed by atoms with van der Waals surface area (Å²) in [5.41, 5.74) is 0.844. The van der Waals surface area contributed by atoms with E-state index in [-0.39, 0.29) is 6.04 Å². The normalized spacial score (nSPS) is 10.8. The Morgan fingerprint density at radius 3 is 2.27 bits per heavy atom. The number of rotatable bonds is 4. The molecule has 0 fully saturated rings. The summed E-state index contributed by atoms with van der Waals surface area (Å²) in [6.07, 6.45) is 1.50. The smallest absolute Gasteiger partial charge is 0.301 e. The molecule has 0 saturated heterocycles. The topological polar surface area (TPSA) is 51.0 Å². The van der Waals surface area contributed by atoms with Crippen LogP contribution in [0.15, 0.2) is 18.3 Å². The molecule has 0 radical (unpaired) electrons. The van der Waals surface area contributed by atoms with Gasteiger partial charge in [-0.25, -0.2) is 4.73 Å². The maximum atomic E-state index is 11.6. The third-order valence-electron chi connectivity index (χ3n) is 1.83. The van der Waals surface area contributed by atoms with Gasteiger partial charge in [-0.05, 0) is 39.8 Å². The van der Waals surface area contributed by atoms with Gasteiger partial charge in [0.05, 0.1) is 12.2 Å². The standard InChI is InChI=1S/C11H19N3O/c1-8(2)12-10-6-5-7-14(15)11(10)13-9(3)4/h5-9,12-13H,1-4H3. The number of nitrogens with one attached hydrogen (secondary N) is 2. The predicted octanol–water partition coefficient (Wildman–Crippen LogP) is 1.96. The van der Waals surface area contributed by atoms with Gasteiger partial charge in [0, 0.05) is 6.04 Å². The van der Waals surface area contributed by atoms with Crippen LogP contribution < -0.4 is 15.4 Å². The van der Waals surface area contributed by atoms with Crippen LogP contribution in [0.1, 0.15) is 27.7 Å². The summed E-state index contributed by atoms with van der Waals surface area (Å²) in [5, 5.41) is 17.9. The van der Waals surface area contributed by atoms with Crippen LogP contribution in [-0.4, -0.2) is 12.1 Å². The Morgan fingerprint density at radius 1 is 1.13 bits per heavy atom. The number of hydrogen-bond donors (Lipinski definition) is 2. The lowest BCUT2D eigenvalue weighted by molar-refractivity contribution is -0.589. The first-order valence-electron chi connectivity index (χ1n) is 5.26. The molecule has 15 heavy (non-hydrogen) atoms. The van der Waals surface area contributed by atoms with Crippen LogP contribution >= 0.6 is 0 Å². The maximum absolute atomic E-state index is 11.6. The minimum atomic E-state index is 0.236. The molecule has 0 aliphatic carbocycles. The highest BCUT2D eigenvalue weighted by Gasteiger charge is 2.13. The summed E-state index contributed by atoms with van der Waals surface area (Å²) >= 11 is 0. The van der Waals surface area contributed by atoms with Crippen molar-refractivity contribution in [2.75, 3.05) is 10.6 Å². The fourth-order valence-corrected chi connectivity index (χ4v) is 1.33. The summed E-state index contributed by atoms with van der Waals surface area (Å²) in [6, 6.07) is 4.18. The second-order valence-electron chi connectivity index (χ2n) is 4.19. The van der Waals surface area contributed by atoms with Crippen molar-refractivity contribution < 1.29 is 4.73 Å². The fraction of sp³-hybridized carbons (Fsp3) is 0.545. The van der Waals surface area contributed by atoms with Gasteiger partial charge in [0.25, 0.3) is 0 Å². The molecule has 0 aliphatic rings. The van der Waals surface area contributed by atoms with Gasteiger partial charge in [-0.2, -0.15) is 0 Å². The zero-order valence-corrected chi connectivity index (χ0v) is 9.74. The van der Waals surface area contributed by atoms with Crippen molar-refractivity contribution in [2.24, 2.45) is 0 Å². The van der Waals surface area contributed by atoms with E-state index in [2.05, 4.69) is 10.6 Å². The minimum Gasteiger partial charge on any atom is -0.711 e. The molecule has 0 amide bonds. The summed E-state index contributed by atoms with van der Waals surface area (Å²) in [7, 11) is 0. The SMILES string of the molecule is CC(C)Nc1ccc[n+]([O-])c1NC(C)C. The van der Waals surface area contributed by atoms with Crippen molar-refractivity contribution in [3.63, 3.8) is 0 Å². The van der Waals surface area contributed by atoms with E-state index >= 15 is 0 Å². The van der Waals surface area contributed by atoms with E-state index in [4.69, 9.17) is 0 Å². The molecule has 0 unspecified atom stereocenters. The van der Waals surface area contributed by atoms with Gasteiger partial charge in [0.15, 0.2) is 0 Å². The van der Waals surface area contributed by atoms with Crippen LogP contribution in [0.25, 0.3) is 0 Å². The summed E-state index contributed by atoms with van der Waals surface area (Å²) in [4.78, 5) is 0. The van der Waals surface area contributed by atoms with Crippen molar-refractivity contribution in [3.8, 4) is 0 Å². The Bertz CT molecular complexity index is 324. The Labute approximate surface area is 90.9 Å². The molecule has 0 spiro atoms. The van der Waals surface area contributed by atoms with E-state index in [0.717, 1.165) is 10.4 Å². The van der Waals surface area contributed by atoms with E-state index < -0.39 is 0 Å². The minimum absolute atomic E-state index is 0.236. The van der Waals surface area contributed by atoms with E-state index in [9.17, 15) is 5.21 Å². The molecule has 84 valence electrons. The molecule has 2 N–H and O–H groups in total. The highest BCUT2D eigenvalue weighted by molar-refractivity contribution is 5.61. The molecule has 0 bridgehead atoms. The molecule has 4 nitrogen and oxygen atoms in total. The third-order valence-corrected chi connectivity index (χ3v) is 1.83. The second-order valence-corrected chi connectivity index (χ2v) is 4.19. The quantitative estimate of drug-likeness (QED) is 0.588. The van der Waals surface area contributed by atoms with Gasteiger partial charge in [-0.1, -0.05) is 0 Å². The van der Waals surface area contributed by atoms with Crippen LogP contribution in [0.5, 0.6) is 0 Å². The second kappa shape index (κ2) is 4.87. The number of nitrogens with zero attached hydrogens (tertiary/aromatic N) is 1. The van der Waals surface area contributed by atoms with Crippen LogP contribution in [0.2, 0.25) is 0 Å². The predicted molar refractivity (Wildman–Crippen MR) is 62.9 cm³/mol. The van der Waals surface area contributed by atoms with Gasteiger partial charge >= 0.3 is 5.82 Å². The van der Waals surface area contributed by atoms with Crippen LogP contribution in [0, 0.1) is 5.21 Å². The molecular formula is C11H19N3O. The molecule has 0 atom stereocenters.